The van der Waals surface area contributed by atoms with Crippen LogP contribution in [0.4, 0.5) is 0 Å². The SMILES string of the molecule is NCC(=O)[O-].O=P(O)(O)OP(=O)(O)O.[Na+]. The second-order valence-corrected chi connectivity index (χ2v) is 4.25. The number of carbonyl (C=O) groups excluding carboxylic acids is 1. The first-order valence-electron chi connectivity index (χ1n) is 2.70. The van der Waals surface area contributed by atoms with Gasteiger partial charge in [0.25, 0.3) is 0 Å². The molecular weight excluding hydrogens is 267 g/mol. The van der Waals surface area contributed by atoms with Gasteiger partial charge in [-0.05, 0) is 0 Å². The zero-order valence-corrected chi connectivity index (χ0v) is 11.3. The second-order valence-electron chi connectivity index (χ2n) is 1.64. The van der Waals surface area contributed by atoms with E-state index in [2.05, 4.69) is 10.0 Å². The number of phosphoric acid groups is 2. The summed E-state index contributed by atoms with van der Waals surface area (Å²) >= 11 is 0. The molecule has 0 heterocycles. The fourth-order valence-electron chi connectivity index (χ4n) is 0.139. The summed E-state index contributed by atoms with van der Waals surface area (Å²) in [6.07, 6.45) is 0. The third-order valence-corrected chi connectivity index (χ3v) is 2.08. The minimum atomic E-state index is -5.05. The maximum atomic E-state index is 9.63. The summed E-state index contributed by atoms with van der Waals surface area (Å²) in [7, 11) is -10.1. The number of hydrogen-bond acceptors (Lipinski definition) is 6. The van der Waals surface area contributed by atoms with E-state index in [4.69, 9.17) is 29.5 Å². The molecule has 0 unspecified atom stereocenters. The maximum absolute atomic E-state index is 9.63. The molecule has 0 aliphatic heterocycles. The smallest absolute Gasteiger partial charge is 0.549 e. The average Bonchev–Trinajstić information content (AvgIpc) is 1.80. The average molecular weight is 275 g/mol. The normalized spacial score (nSPS) is 10.7. The Balaban J connectivity index is -0.000000208. The van der Waals surface area contributed by atoms with Gasteiger partial charge in [0.1, 0.15) is 0 Å². The van der Waals surface area contributed by atoms with Crippen molar-refractivity contribution in [1.82, 2.24) is 0 Å². The van der Waals surface area contributed by atoms with Crippen LogP contribution in [0.15, 0.2) is 0 Å². The van der Waals surface area contributed by atoms with Crippen molar-refractivity contribution < 1.29 is 72.5 Å². The van der Waals surface area contributed by atoms with Gasteiger partial charge in [0.05, 0.1) is 5.97 Å². The predicted molar refractivity (Wildman–Crippen MR) is 39.2 cm³/mol. The molecule has 0 fully saturated rings. The fraction of sp³-hybridized carbons (Fsp3) is 0.500. The molecule has 0 aromatic carbocycles. The van der Waals surface area contributed by atoms with Crippen LogP contribution in [0.2, 0.25) is 0 Å². The van der Waals surface area contributed by atoms with E-state index in [1.807, 2.05) is 0 Å². The van der Waals surface area contributed by atoms with Gasteiger partial charge in [0.2, 0.25) is 0 Å². The first-order chi connectivity index (χ1) is 5.98. The van der Waals surface area contributed by atoms with Crippen molar-refractivity contribution in [2.75, 3.05) is 6.54 Å². The molecule has 13 heteroatoms. The molecule has 0 radical (unpaired) electrons. The third-order valence-electron chi connectivity index (χ3n) is 0.379. The van der Waals surface area contributed by atoms with Gasteiger partial charge in [-0.3, -0.25) is 0 Å². The molecule has 0 saturated heterocycles. The summed E-state index contributed by atoms with van der Waals surface area (Å²) in [4.78, 5) is 40.1. The molecular formula is C2H8NNaO9P2. The van der Waals surface area contributed by atoms with Crippen LogP contribution in [-0.2, 0) is 18.2 Å². The Morgan fingerprint density at radius 2 is 1.40 bits per heavy atom. The summed E-state index contributed by atoms with van der Waals surface area (Å²) in [5.41, 5.74) is 4.51. The van der Waals surface area contributed by atoms with Crippen LogP contribution in [0.3, 0.4) is 0 Å². The molecule has 0 aromatic rings. The molecule has 0 spiro atoms. The number of carbonyl (C=O) groups is 1. The first-order valence-corrected chi connectivity index (χ1v) is 5.76. The second kappa shape index (κ2) is 8.80. The van der Waals surface area contributed by atoms with Gasteiger partial charge in [-0.15, -0.1) is 0 Å². The van der Waals surface area contributed by atoms with Crippen LogP contribution in [-0.4, -0.2) is 32.1 Å². The van der Waals surface area contributed by atoms with Gasteiger partial charge >= 0.3 is 45.2 Å². The van der Waals surface area contributed by atoms with E-state index < -0.39 is 21.6 Å². The summed E-state index contributed by atoms with van der Waals surface area (Å²) in [6.45, 7) is -0.389. The molecule has 0 aliphatic rings. The van der Waals surface area contributed by atoms with Crippen LogP contribution in [0, 0.1) is 0 Å². The largest absolute Gasteiger partial charge is 1.00 e. The summed E-state index contributed by atoms with van der Waals surface area (Å²) in [6, 6.07) is 0. The maximum Gasteiger partial charge on any atom is 1.00 e. The summed E-state index contributed by atoms with van der Waals surface area (Å²) < 4.78 is 22.2. The summed E-state index contributed by atoms with van der Waals surface area (Å²) in [5, 5.41) is 9.13. The minimum Gasteiger partial charge on any atom is -0.549 e. The number of hydrogen-bond donors (Lipinski definition) is 5. The Morgan fingerprint density at radius 1 is 1.20 bits per heavy atom. The van der Waals surface area contributed by atoms with Crippen LogP contribution in [0.1, 0.15) is 0 Å². The van der Waals surface area contributed by atoms with E-state index in [0.717, 1.165) is 0 Å². The molecule has 10 nitrogen and oxygen atoms in total. The van der Waals surface area contributed by atoms with Gasteiger partial charge < -0.3 is 35.2 Å². The van der Waals surface area contributed by atoms with Crippen molar-refractivity contribution in [2.45, 2.75) is 0 Å². The molecule has 86 valence electrons. The number of aliphatic carboxylic acids is 1. The van der Waals surface area contributed by atoms with Crippen molar-refractivity contribution >= 4 is 21.6 Å². The van der Waals surface area contributed by atoms with Crippen LogP contribution in [0.25, 0.3) is 0 Å². The topological polar surface area (TPSA) is 190 Å². The van der Waals surface area contributed by atoms with Gasteiger partial charge in [-0.1, -0.05) is 0 Å². The molecule has 0 aromatic heterocycles. The zero-order valence-electron chi connectivity index (χ0n) is 7.51. The molecule has 0 saturated carbocycles. The number of rotatable bonds is 3. The van der Waals surface area contributed by atoms with Crippen molar-refractivity contribution in [3.8, 4) is 0 Å². The van der Waals surface area contributed by atoms with Gasteiger partial charge in [-0.2, -0.15) is 4.31 Å². The molecule has 0 aliphatic carbocycles. The molecule has 0 rings (SSSR count). The number of nitrogens with two attached hydrogens (primary N) is 1. The van der Waals surface area contributed by atoms with E-state index in [1.165, 1.54) is 0 Å². The van der Waals surface area contributed by atoms with Crippen molar-refractivity contribution in [3.63, 3.8) is 0 Å². The fourth-order valence-corrected chi connectivity index (χ4v) is 1.25. The third kappa shape index (κ3) is 31.3. The van der Waals surface area contributed by atoms with Crippen LogP contribution < -0.4 is 40.4 Å². The first kappa shape index (κ1) is 21.0. The molecule has 0 atom stereocenters. The van der Waals surface area contributed by atoms with Crippen LogP contribution in [0.5, 0.6) is 0 Å². The summed E-state index contributed by atoms with van der Waals surface area (Å²) in [5.74, 6) is -1.22. The van der Waals surface area contributed by atoms with Crippen molar-refractivity contribution in [2.24, 2.45) is 5.73 Å². The van der Waals surface area contributed by atoms with E-state index >= 15 is 0 Å². The van der Waals surface area contributed by atoms with Gasteiger partial charge in [-0.25, -0.2) is 9.13 Å². The monoisotopic (exact) mass is 275 g/mol. The Kier molecular flexibility index (Phi) is 12.3. The van der Waals surface area contributed by atoms with Gasteiger partial charge in [0.15, 0.2) is 0 Å². The molecule has 6 N–H and O–H groups in total. The standard InChI is InChI=1S/C2H5NO2.Na.H4O7P2/c3-1-2(4)5;;1-8(2,3)7-9(4,5)6/h1,3H2,(H,4,5);;(H2,1,2,3)(H2,4,5,6)/q;+1;/p-1. The van der Waals surface area contributed by atoms with Crippen molar-refractivity contribution in [1.29, 1.82) is 0 Å². The molecule has 15 heavy (non-hydrogen) atoms. The van der Waals surface area contributed by atoms with E-state index in [9.17, 15) is 9.13 Å². The van der Waals surface area contributed by atoms with E-state index in [1.54, 1.807) is 0 Å². The number of carboxylic acid groups (broad SMARTS) is 1. The zero-order chi connectivity index (χ0) is 12.0. The molecule has 0 amide bonds. The number of carboxylic acids is 1. The van der Waals surface area contributed by atoms with Crippen LogP contribution >= 0.6 is 15.6 Å². The van der Waals surface area contributed by atoms with Crippen molar-refractivity contribution in [3.05, 3.63) is 0 Å². The Morgan fingerprint density at radius 3 is 1.40 bits per heavy atom. The Bertz CT molecular complexity index is 247. The van der Waals surface area contributed by atoms with Gasteiger partial charge in [0, 0.05) is 6.54 Å². The van der Waals surface area contributed by atoms with E-state index in [0.29, 0.717) is 0 Å². The molecule has 0 bridgehead atoms. The quantitative estimate of drug-likeness (QED) is 0.244. The minimum absolute atomic E-state index is 0. The predicted octanol–water partition coefficient (Wildman–Crippen LogP) is -6.11. The Labute approximate surface area is 106 Å². The van der Waals surface area contributed by atoms with E-state index in [-0.39, 0.29) is 36.1 Å². The Hall–Kier alpha value is 0.690.